The molecule has 90 valence electrons. The van der Waals surface area contributed by atoms with Crippen LogP contribution in [0.2, 0.25) is 0 Å². The molecule has 0 aliphatic carbocycles. The molecule has 1 aromatic carbocycles. The molecule has 0 bridgehead atoms. The summed E-state index contributed by atoms with van der Waals surface area (Å²) in [4.78, 5) is 8.84. The Balaban J connectivity index is 2.21. The van der Waals surface area contributed by atoms with Crippen LogP contribution in [-0.4, -0.2) is 14.5 Å². The SMILES string of the molecule is Cn1c(-c2cccc(CN)c2)nc2ncccc21. The van der Waals surface area contributed by atoms with E-state index in [0.29, 0.717) is 6.54 Å². The van der Waals surface area contributed by atoms with Crippen LogP contribution < -0.4 is 5.73 Å². The zero-order chi connectivity index (χ0) is 12.5. The highest BCUT2D eigenvalue weighted by atomic mass is 15.1. The van der Waals surface area contributed by atoms with Crippen LogP contribution >= 0.6 is 0 Å². The third-order valence-electron chi connectivity index (χ3n) is 3.08. The average Bonchev–Trinajstić information content (AvgIpc) is 2.77. The van der Waals surface area contributed by atoms with Crippen molar-refractivity contribution in [3.8, 4) is 11.4 Å². The number of nitrogens with zero attached hydrogens (tertiary/aromatic N) is 3. The van der Waals surface area contributed by atoms with Crippen LogP contribution in [0, 0.1) is 0 Å². The summed E-state index contributed by atoms with van der Waals surface area (Å²) in [7, 11) is 2.00. The van der Waals surface area contributed by atoms with Crippen molar-refractivity contribution in [3.05, 3.63) is 48.2 Å². The van der Waals surface area contributed by atoms with Crippen molar-refractivity contribution in [1.82, 2.24) is 14.5 Å². The van der Waals surface area contributed by atoms with Crippen LogP contribution in [0.25, 0.3) is 22.6 Å². The van der Waals surface area contributed by atoms with Gasteiger partial charge in [-0.1, -0.05) is 18.2 Å². The standard InChI is InChI=1S/C14H14N4/c1-18-12-6-3-7-16-13(12)17-14(18)11-5-2-4-10(8-11)9-15/h2-8H,9,15H2,1H3. The van der Waals surface area contributed by atoms with Gasteiger partial charge >= 0.3 is 0 Å². The lowest BCUT2D eigenvalue weighted by Gasteiger charge is -2.04. The molecule has 0 unspecified atom stereocenters. The third kappa shape index (κ3) is 1.67. The van der Waals surface area contributed by atoms with Gasteiger partial charge in [0.1, 0.15) is 5.82 Å². The molecule has 2 N–H and O–H groups in total. The van der Waals surface area contributed by atoms with Crippen LogP contribution in [0.3, 0.4) is 0 Å². The minimum Gasteiger partial charge on any atom is -0.326 e. The quantitative estimate of drug-likeness (QED) is 0.743. The number of aromatic nitrogens is 3. The van der Waals surface area contributed by atoms with Crippen LogP contribution in [0.15, 0.2) is 42.6 Å². The molecule has 0 radical (unpaired) electrons. The number of hydrogen-bond acceptors (Lipinski definition) is 3. The first-order valence-corrected chi connectivity index (χ1v) is 5.86. The fraction of sp³-hybridized carbons (Fsp3) is 0.143. The number of rotatable bonds is 2. The number of aryl methyl sites for hydroxylation is 1. The van der Waals surface area contributed by atoms with Gasteiger partial charge in [0, 0.05) is 25.4 Å². The fourth-order valence-electron chi connectivity index (χ4n) is 2.12. The Hall–Kier alpha value is -2.20. The number of nitrogens with two attached hydrogens (primary N) is 1. The van der Waals surface area contributed by atoms with Crippen molar-refractivity contribution in [2.45, 2.75) is 6.54 Å². The monoisotopic (exact) mass is 238 g/mol. The highest BCUT2D eigenvalue weighted by Crippen LogP contribution is 2.22. The first-order valence-electron chi connectivity index (χ1n) is 5.86. The number of imidazole rings is 1. The normalized spacial score (nSPS) is 11.0. The molecule has 0 fully saturated rings. The minimum absolute atomic E-state index is 0.538. The summed E-state index contributed by atoms with van der Waals surface area (Å²) in [6, 6.07) is 12.1. The number of hydrogen-bond donors (Lipinski definition) is 1. The lowest BCUT2D eigenvalue weighted by molar-refractivity contribution is 0.957. The second kappa shape index (κ2) is 4.23. The Morgan fingerprint density at radius 2 is 2.11 bits per heavy atom. The third-order valence-corrected chi connectivity index (χ3v) is 3.08. The van der Waals surface area contributed by atoms with Crippen molar-refractivity contribution >= 4 is 11.2 Å². The van der Waals surface area contributed by atoms with E-state index >= 15 is 0 Å². The Morgan fingerprint density at radius 1 is 1.22 bits per heavy atom. The summed E-state index contributed by atoms with van der Waals surface area (Å²) in [6.07, 6.45) is 1.76. The number of fused-ring (bicyclic) bond motifs is 1. The molecular formula is C14H14N4. The van der Waals surface area contributed by atoms with Crippen LogP contribution in [0.1, 0.15) is 5.56 Å². The van der Waals surface area contributed by atoms with Gasteiger partial charge in [-0.15, -0.1) is 0 Å². The predicted octanol–water partition coefficient (Wildman–Crippen LogP) is 2.09. The molecule has 0 saturated carbocycles. The first-order chi connectivity index (χ1) is 8.79. The maximum atomic E-state index is 5.67. The molecule has 4 nitrogen and oxygen atoms in total. The maximum absolute atomic E-state index is 5.67. The van der Waals surface area contributed by atoms with Gasteiger partial charge in [-0.3, -0.25) is 0 Å². The van der Waals surface area contributed by atoms with Crippen molar-refractivity contribution in [2.24, 2.45) is 12.8 Å². The van der Waals surface area contributed by atoms with Gasteiger partial charge in [0.05, 0.1) is 5.52 Å². The molecular weight excluding hydrogens is 224 g/mol. The molecule has 3 rings (SSSR count). The highest BCUT2D eigenvalue weighted by molar-refractivity contribution is 5.77. The fourth-order valence-corrected chi connectivity index (χ4v) is 2.12. The second-order valence-electron chi connectivity index (χ2n) is 4.25. The Bertz CT molecular complexity index is 700. The van der Waals surface area contributed by atoms with Gasteiger partial charge in [0.25, 0.3) is 0 Å². The van der Waals surface area contributed by atoms with Crippen LogP contribution in [0.5, 0.6) is 0 Å². The Labute approximate surface area is 105 Å². The summed E-state index contributed by atoms with van der Waals surface area (Å²) >= 11 is 0. The molecule has 0 atom stereocenters. The van der Waals surface area contributed by atoms with E-state index in [1.807, 2.05) is 37.4 Å². The van der Waals surface area contributed by atoms with Crippen molar-refractivity contribution in [2.75, 3.05) is 0 Å². The topological polar surface area (TPSA) is 56.7 Å². The smallest absolute Gasteiger partial charge is 0.178 e. The summed E-state index contributed by atoms with van der Waals surface area (Å²) < 4.78 is 2.05. The lowest BCUT2D eigenvalue weighted by atomic mass is 10.1. The minimum atomic E-state index is 0.538. The summed E-state index contributed by atoms with van der Waals surface area (Å²) in [5.41, 5.74) is 9.65. The van der Waals surface area contributed by atoms with Gasteiger partial charge in [0.15, 0.2) is 5.65 Å². The molecule has 0 aliphatic heterocycles. The molecule has 0 saturated heterocycles. The van der Waals surface area contributed by atoms with E-state index in [4.69, 9.17) is 5.73 Å². The number of benzene rings is 1. The molecule has 18 heavy (non-hydrogen) atoms. The van der Waals surface area contributed by atoms with E-state index in [2.05, 4.69) is 20.6 Å². The zero-order valence-electron chi connectivity index (χ0n) is 10.2. The largest absolute Gasteiger partial charge is 0.326 e. The zero-order valence-corrected chi connectivity index (χ0v) is 10.2. The van der Waals surface area contributed by atoms with E-state index in [9.17, 15) is 0 Å². The van der Waals surface area contributed by atoms with Gasteiger partial charge in [-0.2, -0.15) is 0 Å². The Kier molecular flexibility index (Phi) is 2.57. The van der Waals surface area contributed by atoms with E-state index < -0.39 is 0 Å². The van der Waals surface area contributed by atoms with Crippen LogP contribution in [-0.2, 0) is 13.6 Å². The first kappa shape index (κ1) is 10.9. The van der Waals surface area contributed by atoms with E-state index in [-0.39, 0.29) is 0 Å². The van der Waals surface area contributed by atoms with Gasteiger partial charge in [-0.25, -0.2) is 9.97 Å². The van der Waals surface area contributed by atoms with E-state index in [1.54, 1.807) is 6.20 Å². The average molecular weight is 238 g/mol. The molecule has 2 heterocycles. The van der Waals surface area contributed by atoms with E-state index in [1.165, 1.54) is 0 Å². The number of pyridine rings is 1. The Morgan fingerprint density at radius 3 is 2.89 bits per heavy atom. The van der Waals surface area contributed by atoms with E-state index in [0.717, 1.165) is 28.1 Å². The summed E-state index contributed by atoms with van der Waals surface area (Å²) in [5, 5.41) is 0. The van der Waals surface area contributed by atoms with Crippen molar-refractivity contribution in [3.63, 3.8) is 0 Å². The van der Waals surface area contributed by atoms with Gasteiger partial charge < -0.3 is 10.3 Å². The van der Waals surface area contributed by atoms with Gasteiger partial charge in [0.2, 0.25) is 0 Å². The predicted molar refractivity (Wildman–Crippen MR) is 71.8 cm³/mol. The molecule has 0 spiro atoms. The summed E-state index contributed by atoms with van der Waals surface area (Å²) in [5.74, 6) is 0.916. The van der Waals surface area contributed by atoms with Crippen molar-refractivity contribution < 1.29 is 0 Å². The summed E-state index contributed by atoms with van der Waals surface area (Å²) in [6.45, 7) is 0.538. The lowest BCUT2D eigenvalue weighted by Crippen LogP contribution is -1.97. The molecule has 0 aliphatic rings. The maximum Gasteiger partial charge on any atom is 0.178 e. The highest BCUT2D eigenvalue weighted by Gasteiger charge is 2.10. The van der Waals surface area contributed by atoms with Gasteiger partial charge in [-0.05, 0) is 23.8 Å². The van der Waals surface area contributed by atoms with Crippen LogP contribution in [0.4, 0.5) is 0 Å². The molecule has 3 aromatic rings. The molecule has 4 heteroatoms. The second-order valence-corrected chi connectivity index (χ2v) is 4.25. The van der Waals surface area contributed by atoms with Crippen molar-refractivity contribution in [1.29, 1.82) is 0 Å². The molecule has 0 amide bonds. The molecule has 2 aromatic heterocycles.